The summed E-state index contributed by atoms with van der Waals surface area (Å²) >= 11 is 12.4. The topological polar surface area (TPSA) is 81.2 Å². The van der Waals surface area contributed by atoms with Crippen molar-refractivity contribution in [2.45, 2.75) is 25.8 Å². The van der Waals surface area contributed by atoms with Gasteiger partial charge >= 0.3 is 0 Å². The van der Waals surface area contributed by atoms with Gasteiger partial charge in [0, 0.05) is 18.2 Å². The molecule has 0 saturated heterocycles. The van der Waals surface area contributed by atoms with E-state index in [2.05, 4.69) is 10.5 Å². The van der Waals surface area contributed by atoms with Crippen LogP contribution in [0, 0.1) is 12.8 Å². The molecule has 122 valence electrons. The molecule has 3 N–H and O–H groups in total. The predicted octanol–water partition coefficient (Wildman–Crippen LogP) is 3.42. The lowest BCUT2D eigenvalue weighted by atomic mass is 10.1. The largest absolute Gasteiger partial charge is 0.360 e. The number of benzene rings is 1. The normalized spacial score (nSPS) is 15.5. The van der Waals surface area contributed by atoms with Crippen LogP contribution in [0.2, 0.25) is 10.0 Å². The summed E-state index contributed by atoms with van der Waals surface area (Å²) in [5.74, 6) is 0.635. The molecular weight excluding hydrogens is 337 g/mol. The van der Waals surface area contributed by atoms with Gasteiger partial charge in [0.15, 0.2) is 0 Å². The molecule has 1 aliphatic carbocycles. The molecule has 1 aromatic carbocycles. The Morgan fingerprint density at radius 3 is 2.70 bits per heavy atom. The van der Waals surface area contributed by atoms with Gasteiger partial charge in [-0.1, -0.05) is 34.4 Å². The van der Waals surface area contributed by atoms with Crippen LogP contribution in [0.3, 0.4) is 0 Å². The van der Waals surface area contributed by atoms with Crippen molar-refractivity contribution in [1.29, 1.82) is 0 Å². The summed E-state index contributed by atoms with van der Waals surface area (Å²) in [6.07, 6.45) is 2.26. The number of carbonyl (C=O) groups excluding carboxylic acids is 1. The smallest absolute Gasteiger partial charge is 0.257 e. The van der Waals surface area contributed by atoms with E-state index in [0.29, 0.717) is 45.1 Å². The summed E-state index contributed by atoms with van der Waals surface area (Å²) in [7, 11) is 0. The van der Waals surface area contributed by atoms with E-state index in [1.54, 1.807) is 25.1 Å². The summed E-state index contributed by atoms with van der Waals surface area (Å²) in [6, 6.07) is 5.09. The molecule has 3 rings (SSSR count). The van der Waals surface area contributed by atoms with E-state index in [1.807, 2.05) is 0 Å². The SMILES string of the molecule is Cc1onc(-c2c(Cl)cccc2Cl)c1C(=O)NCC(N)C1CC1. The monoisotopic (exact) mass is 353 g/mol. The first-order chi connectivity index (χ1) is 11.0. The number of hydrogen-bond acceptors (Lipinski definition) is 4. The molecule has 1 amide bonds. The third-order valence-electron chi connectivity index (χ3n) is 4.02. The summed E-state index contributed by atoms with van der Waals surface area (Å²) in [5.41, 5.74) is 7.19. The van der Waals surface area contributed by atoms with Crippen molar-refractivity contribution in [2.75, 3.05) is 6.54 Å². The van der Waals surface area contributed by atoms with Gasteiger partial charge < -0.3 is 15.6 Å². The predicted molar refractivity (Wildman–Crippen MR) is 89.7 cm³/mol. The van der Waals surface area contributed by atoms with E-state index < -0.39 is 0 Å². The highest BCUT2D eigenvalue weighted by molar-refractivity contribution is 6.39. The first-order valence-electron chi connectivity index (χ1n) is 7.43. The zero-order chi connectivity index (χ0) is 16.6. The number of carbonyl (C=O) groups is 1. The molecule has 23 heavy (non-hydrogen) atoms. The number of rotatable bonds is 5. The van der Waals surface area contributed by atoms with Gasteiger partial charge in [-0.2, -0.15) is 0 Å². The van der Waals surface area contributed by atoms with Crippen molar-refractivity contribution in [3.8, 4) is 11.3 Å². The zero-order valence-corrected chi connectivity index (χ0v) is 14.1. The third kappa shape index (κ3) is 3.37. The van der Waals surface area contributed by atoms with Gasteiger partial charge in [0.2, 0.25) is 0 Å². The summed E-state index contributed by atoms with van der Waals surface area (Å²) in [6.45, 7) is 2.10. The minimum atomic E-state index is -0.286. The van der Waals surface area contributed by atoms with Crippen molar-refractivity contribution in [2.24, 2.45) is 11.7 Å². The number of amides is 1. The maximum atomic E-state index is 12.5. The highest BCUT2D eigenvalue weighted by atomic mass is 35.5. The van der Waals surface area contributed by atoms with Gasteiger partial charge in [0.1, 0.15) is 17.0 Å². The van der Waals surface area contributed by atoms with Crippen LogP contribution in [0.15, 0.2) is 22.7 Å². The molecule has 0 bridgehead atoms. The van der Waals surface area contributed by atoms with Crippen molar-refractivity contribution < 1.29 is 9.32 Å². The molecule has 5 nitrogen and oxygen atoms in total. The second kappa shape index (κ2) is 6.51. The second-order valence-electron chi connectivity index (χ2n) is 5.77. The zero-order valence-electron chi connectivity index (χ0n) is 12.6. The van der Waals surface area contributed by atoms with Crippen LogP contribution in [0.1, 0.15) is 29.0 Å². The van der Waals surface area contributed by atoms with Crippen molar-refractivity contribution >= 4 is 29.1 Å². The molecule has 0 spiro atoms. The molecule has 1 atom stereocenters. The number of nitrogens with one attached hydrogen (secondary N) is 1. The lowest BCUT2D eigenvalue weighted by molar-refractivity contribution is 0.0949. The van der Waals surface area contributed by atoms with E-state index in [1.165, 1.54) is 0 Å². The molecule has 0 aliphatic heterocycles. The van der Waals surface area contributed by atoms with Gasteiger partial charge in [-0.3, -0.25) is 4.79 Å². The maximum absolute atomic E-state index is 12.5. The number of aromatic nitrogens is 1. The maximum Gasteiger partial charge on any atom is 0.257 e. The molecule has 2 aromatic rings. The van der Waals surface area contributed by atoms with Crippen LogP contribution in [-0.2, 0) is 0 Å². The average molecular weight is 354 g/mol. The first kappa shape index (κ1) is 16.3. The Morgan fingerprint density at radius 1 is 1.43 bits per heavy atom. The fraction of sp³-hybridized carbons (Fsp3) is 0.375. The van der Waals surface area contributed by atoms with Crippen LogP contribution in [-0.4, -0.2) is 23.7 Å². The lowest BCUT2D eigenvalue weighted by Crippen LogP contribution is -2.38. The molecular formula is C16H17Cl2N3O2. The van der Waals surface area contributed by atoms with E-state index in [9.17, 15) is 4.79 Å². The minimum absolute atomic E-state index is 0.0218. The molecule has 1 unspecified atom stereocenters. The van der Waals surface area contributed by atoms with Crippen LogP contribution in [0.4, 0.5) is 0 Å². The molecule has 1 fully saturated rings. The molecule has 1 saturated carbocycles. The van der Waals surface area contributed by atoms with E-state index in [0.717, 1.165) is 12.8 Å². The quantitative estimate of drug-likeness (QED) is 0.862. The molecule has 1 aromatic heterocycles. The Hall–Kier alpha value is -1.56. The molecule has 7 heteroatoms. The number of nitrogens with zero attached hydrogens (tertiary/aromatic N) is 1. The number of halogens is 2. The standard InChI is InChI=1S/C16H17Cl2N3O2/c1-8-13(16(22)20-7-12(19)9-5-6-9)15(21-23-8)14-10(17)3-2-4-11(14)18/h2-4,9,12H,5-7,19H2,1H3,(H,20,22). The van der Waals surface area contributed by atoms with Crippen LogP contribution >= 0.6 is 23.2 Å². The Balaban J connectivity index is 1.87. The molecule has 1 heterocycles. The number of aryl methyl sites for hydroxylation is 1. The van der Waals surface area contributed by atoms with Crippen LogP contribution in [0.5, 0.6) is 0 Å². The van der Waals surface area contributed by atoms with E-state index in [-0.39, 0.29) is 11.9 Å². The summed E-state index contributed by atoms with van der Waals surface area (Å²) in [4.78, 5) is 12.5. The molecule has 1 aliphatic rings. The van der Waals surface area contributed by atoms with E-state index in [4.69, 9.17) is 33.5 Å². The Labute approximate surface area is 144 Å². The van der Waals surface area contributed by atoms with Gasteiger partial charge in [0.25, 0.3) is 5.91 Å². The Kier molecular flexibility index (Phi) is 4.62. The Morgan fingerprint density at radius 2 is 2.09 bits per heavy atom. The third-order valence-corrected chi connectivity index (χ3v) is 4.65. The average Bonchev–Trinajstić information content (AvgIpc) is 3.29. The van der Waals surface area contributed by atoms with Crippen molar-refractivity contribution in [1.82, 2.24) is 10.5 Å². The summed E-state index contributed by atoms with van der Waals surface area (Å²) < 4.78 is 5.19. The highest BCUT2D eigenvalue weighted by Crippen LogP contribution is 2.36. The Bertz CT molecular complexity index is 721. The van der Waals surface area contributed by atoms with Gasteiger partial charge in [-0.05, 0) is 37.8 Å². The second-order valence-corrected chi connectivity index (χ2v) is 6.58. The number of hydrogen-bond donors (Lipinski definition) is 2. The van der Waals surface area contributed by atoms with Gasteiger partial charge in [-0.25, -0.2) is 0 Å². The van der Waals surface area contributed by atoms with Crippen LogP contribution < -0.4 is 11.1 Å². The van der Waals surface area contributed by atoms with E-state index >= 15 is 0 Å². The lowest BCUT2D eigenvalue weighted by Gasteiger charge is -2.12. The van der Waals surface area contributed by atoms with Crippen molar-refractivity contribution in [3.63, 3.8) is 0 Å². The van der Waals surface area contributed by atoms with Gasteiger partial charge in [-0.15, -0.1) is 0 Å². The minimum Gasteiger partial charge on any atom is -0.360 e. The van der Waals surface area contributed by atoms with Crippen molar-refractivity contribution in [3.05, 3.63) is 39.6 Å². The highest BCUT2D eigenvalue weighted by Gasteiger charge is 2.30. The summed E-state index contributed by atoms with van der Waals surface area (Å²) in [5, 5.41) is 7.64. The first-order valence-corrected chi connectivity index (χ1v) is 8.19. The fourth-order valence-electron chi connectivity index (χ4n) is 2.52. The van der Waals surface area contributed by atoms with Gasteiger partial charge in [0.05, 0.1) is 10.0 Å². The fourth-order valence-corrected chi connectivity index (χ4v) is 3.10. The molecule has 0 radical (unpaired) electrons. The number of nitrogens with two attached hydrogens (primary N) is 1. The van der Waals surface area contributed by atoms with Crippen LogP contribution in [0.25, 0.3) is 11.3 Å².